The van der Waals surface area contributed by atoms with Gasteiger partial charge < -0.3 is 31.7 Å². The summed E-state index contributed by atoms with van der Waals surface area (Å²) < 4.78 is 75.6. The van der Waals surface area contributed by atoms with Crippen LogP contribution in [0.25, 0.3) is 21.9 Å². The third-order valence-electron chi connectivity index (χ3n) is 9.66. The van der Waals surface area contributed by atoms with E-state index in [1.165, 1.54) is 0 Å². The molecule has 0 spiro atoms. The molecule has 0 aliphatic rings. The van der Waals surface area contributed by atoms with Gasteiger partial charge >= 0.3 is 0 Å². The van der Waals surface area contributed by atoms with Crippen LogP contribution in [0.3, 0.4) is 0 Å². The molecule has 0 saturated heterocycles. The number of nitrogen functional groups attached to an aromatic ring is 2. The molecular formula is C43H45N9O9S2. The van der Waals surface area contributed by atoms with Crippen molar-refractivity contribution in [2.24, 2.45) is 30.7 Å². The molecule has 328 valence electrons. The van der Waals surface area contributed by atoms with Gasteiger partial charge in [0.05, 0.1) is 46.5 Å². The van der Waals surface area contributed by atoms with Crippen LogP contribution in [-0.4, -0.2) is 62.0 Å². The van der Waals surface area contributed by atoms with Gasteiger partial charge in [0.2, 0.25) is 0 Å². The Balaban J connectivity index is 1.23. The number of aromatic hydroxyl groups is 1. The van der Waals surface area contributed by atoms with Gasteiger partial charge in [-0.25, -0.2) is 0 Å². The fraction of sp³-hybridized carbons (Fsp3) is 0.209. The largest absolute Gasteiger partial charge is 0.505 e. The first-order chi connectivity index (χ1) is 29.9. The molecule has 6 rings (SSSR count). The average Bonchev–Trinajstić information content (AvgIpc) is 3.23. The molecular weight excluding hydrogens is 851 g/mol. The Hall–Kier alpha value is -6.68. The number of aliphatic hydroxyl groups is 1. The quantitative estimate of drug-likeness (QED) is 0.0195. The molecule has 0 saturated carbocycles. The number of rotatable bonds is 17. The van der Waals surface area contributed by atoms with Crippen LogP contribution in [0.5, 0.6) is 5.75 Å². The fourth-order valence-corrected chi connectivity index (χ4v) is 7.66. The summed E-state index contributed by atoms with van der Waals surface area (Å²) in [5, 5.41) is 48.9. The number of anilines is 3. The molecule has 0 fully saturated rings. The Morgan fingerprint density at radius 1 is 0.698 bits per heavy atom. The van der Waals surface area contributed by atoms with Gasteiger partial charge in [0.15, 0.2) is 5.75 Å². The fourth-order valence-electron chi connectivity index (χ4n) is 6.33. The summed E-state index contributed by atoms with van der Waals surface area (Å²) in [5.74, 6) is -0.859. The third-order valence-corrected chi connectivity index (χ3v) is 11.4. The lowest BCUT2D eigenvalue weighted by Crippen LogP contribution is -2.25. The summed E-state index contributed by atoms with van der Waals surface area (Å²) in [6.07, 6.45) is 1.30. The molecule has 0 heterocycles. The Labute approximate surface area is 363 Å². The molecule has 6 aromatic rings. The summed E-state index contributed by atoms with van der Waals surface area (Å²) in [6, 6.07) is 25.9. The standard InChI is InChI=1S/C43H45N9O9S2/c1-4-5-17-61-24-32(53)23-46-31-13-16-36(33(44)22-31)50-48-34-14-11-27(18-25(34)2)28-12-15-35(26(3)19-28)49-51-41-37(62(55,56)57)20-29-21-38(63(58,59)60)42(43(54)39(29)40(41)45)52-47-30-9-7-6-8-10-30/h6-16,18-22,32,46,53-54H,4-5,17,23-24,44-45H2,1-3H3,(H,55,56,57)(H,58,59,60). The van der Waals surface area contributed by atoms with Crippen LogP contribution < -0.4 is 16.8 Å². The van der Waals surface area contributed by atoms with Crippen molar-refractivity contribution < 1.29 is 40.9 Å². The molecule has 63 heavy (non-hydrogen) atoms. The number of phenols is 1. The molecule has 0 aliphatic carbocycles. The summed E-state index contributed by atoms with van der Waals surface area (Å²) in [4.78, 5) is -1.74. The highest BCUT2D eigenvalue weighted by atomic mass is 32.2. The van der Waals surface area contributed by atoms with Crippen molar-refractivity contribution >= 4 is 82.2 Å². The van der Waals surface area contributed by atoms with Crippen molar-refractivity contribution in [3.63, 3.8) is 0 Å². The van der Waals surface area contributed by atoms with Crippen LogP contribution in [0.2, 0.25) is 0 Å². The van der Waals surface area contributed by atoms with E-state index >= 15 is 0 Å². The second kappa shape index (κ2) is 19.6. The van der Waals surface area contributed by atoms with Gasteiger partial charge in [-0.3, -0.25) is 9.11 Å². The Kier molecular flexibility index (Phi) is 14.2. The number of ether oxygens (including phenoxy) is 1. The number of fused-ring (bicyclic) bond motifs is 1. The number of hydrogen-bond acceptors (Lipinski definition) is 16. The van der Waals surface area contributed by atoms with Crippen LogP contribution >= 0.6 is 0 Å². The van der Waals surface area contributed by atoms with Crippen LogP contribution in [0.4, 0.5) is 51.2 Å². The van der Waals surface area contributed by atoms with E-state index < -0.39 is 58.9 Å². The van der Waals surface area contributed by atoms with Gasteiger partial charge in [-0.1, -0.05) is 43.7 Å². The molecule has 0 aromatic heterocycles. The van der Waals surface area contributed by atoms with Crippen molar-refractivity contribution in [2.75, 3.05) is 36.5 Å². The lowest BCUT2D eigenvalue weighted by Gasteiger charge is -2.14. The number of azo groups is 3. The summed E-state index contributed by atoms with van der Waals surface area (Å²) >= 11 is 0. The maximum atomic E-state index is 12.6. The predicted molar refractivity (Wildman–Crippen MR) is 241 cm³/mol. The summed E-state index contributed by atoms with van der Waals surface area (Å²) in [7, 11) is -10.1. The smallest absolute Gasteiger partial charge is 0.296 e. The Bertz CT molecular complexity index is 2980. The maximum Gasteiger partial charge on any atom is 0.296 e. The van der Waals surface area contributed by atoms with Crippen molar-refractivity contribution in [1.29, 1.82) is 0 Å². The highest BCUT2D eigenvalue weighted by Crippen LogP contribution is 2.48. The SMILES string of the molecule is CCCCOCC(O)CNc1ccc(N=Nc2ccc(-c3ccc(N=Nc4c(S(=O)(=O)O)cc5cc(S(=O)(=O)O)c(N=Nc6ccccc6)c(O)c5c4N)c(C)c3)cc2C)c(N)c1. The van der Waals surface area contributed by atoms with Crippen molar-refractivity contribution in [3.8, 4) is 16.9 Å². The van der Waals surface area contributed by atoms with E-state index in [-0.39, 0.29) is 23.1 Å². The van der Waals surface area contributed by atoms with E-state index in [1.807, 2.05) is 31.2 Å². The summed E-state index contributed by atoms with van der Waals surface area (Å²) in [5.41, 5.74) is 16.8. The highest BCUT2D eigenvalue weighted by molar-refractivity contribution is 7.86. The topological polar surface area (TPSA) is 297 Å². The Morgan fingerprint density at radius 2 is 1.25 bits per heavy atom. The number of nitrogens with one attached hydrogen (secondary N) is 1. The zero-order valence-corrected chi connectivity index (χ0v) is 36.0. The molecule has 1 unspecified atom stereocenters. The average molecular weight is 896 g/mol. The van der Waals surface area contributed by atoms with Gasteiger partial charge in [0, 0.05) is 18.8 Å². The number of aliphatic hydroxyl groups excluding tert-OH is 1. The molecule has 6 aromatic carbocycles. The normalized spacial score (nSPS) is 12.9. The second-order valence-electron chi connectivity index (χ2n) is 14.4. The maximum absolute atomic E-state index is 12.6. The van der Waals surface area contributed by atoms with Crippen molar-refractivity contribution in [1.82, 2.24) is 0 Å². The number of unbranched alkanes of at least 4 members (excludes halogenated alkanes) is 1. The first-order valence-electron chi connectivity index (χ1n) is 19.4. The summed E-state index contributed by atoms with van der Waals surface area (Å²) in [6.45, 7) is 6.87. The molecule has 0 aliphatic heterocycles. The van der Waals surface area contributed by atoms with E-state index in [1.54, 1.807) is 67.6 Å². The molecule has 18 nitrogen and oxygen atoms in total. The predicted octanol–water partition coefficient (Wildman–Crippen LogP) is 10.3. The minimum absolute atomic E-state index is 0.241. The van der Waals surface area contributed by atoms with Crippen molar-refractivity contribution in [3.05, 3.63) is 108 Å². The number of phenolic OH excluding ortho intramolecular Hbond substituents is 1. The monoisotopic (exact) mass is 895 g/mol. The van der Waals surface area contributed by atoms with E-state index in [9.17, 15) is 36.2 Å². The van der Waals surface area contributed by atoms with Gasteiger partial charge in [-0.05, 0) is 115 Å². The number of nitrogens with zero attached hydrogens (tertiary/aromatic N) is 6. The Morgan fingerprint density at radius 3 is 1.83 bits per heavy atom. The number of benzene rings is 6. The lowest BCUT2D eigenvalue weighted by atomic mass is 10.0. The van der Waals surface area contributed by atoms with Crippen LogP contribution in [0.1, 0.15) is 30.9 Å². The van der Waals surface area contributed by atoms with Crippen LogP contribution in [0, 0.1) is 13.8 Å². The first-order valence-corrected chi connectivity index (χ1v) is 22.3. The molecule has 0 amide bonds. The van der Waals surface area contributed by atoms with Crippen LogP contribution in [-0.2, 0) is 25.0 Å². The van der Waals surface area contributed by atoms with E-state index in [0.29, 0.717) is 41.5 Å². The van der Waals surface area contributed by atoms with E-state index in [0.717, 1.165) is 47.4 Å². The zero-order chi connectivity index (χ0) is 45.5. The van der Waals surface area contributed by atoms with Gasteiger partial charge in [0.1, 0.15) is 26.9 Å². The highest BCUT2D eigenvalue weighted by Gasteiger charge is 2.28. The molecule has 1 atom stereocenters. The third kappa shape index (κ3) is 11.2. The minimum Gasteiger partial charge on any atom is -0.505 e. The first kappa shape index (κ1) is 45.8. The number of aryl methyl sites for hydroxylation is 2. The lowest BCUT2D eigenvalue weighted by molar-refractivity contribution is 0.0422. The van der Waals surface area contributed by atoms with Crippen LogP contribution in [0.15, 0.2) is 138 Å². The molecule has 9 N–H and O–H groups in total. The number of hydrogen-bond donors (Lipinski definition) is 7. The zero-order valence-electron chi connectivity index (χ0n) is 34.3. The van der Waals surface area contributed by atoms with Gasteiger partial charge in [0.25, 0.3) is 20.2 Å². The van der Waals surface area contributed by atoms with E-state index in [4.69, 9.17) is 16.2 Å². The molecule has 0 radical (unpaired) electrons. The number of nitrogens with two attached hydrogens (primary N) is 2. The minimum atomic E-state index is -5.07. The van der Waals surface area contributed by atoms with Crippen molar-refractivity contribution in [2.45, 2.75) is 49.5 Å². The van der Waals surface area contributed by atoms with E-state index in [2.05, 4.69) is 42.9 Å². The second-order valence-corrected chi connectivity index (χ2v) is 17.2. The van der Waals surface area contributed by atoms with Gasteiger partial charge in [-0.15, -0.1) is 15.3 Å². The molecule has 20 heteroatoms. The van der Waals surface area contributed by atoms with Gasteiger partial charge in [-0.2, -0.15) is 32.2 Å². The molecule has 0 bridgehead atoms.